The molecule has 1 aliphatic heterocycles. The quantitative estimate of drug-likeness (QED) is 0.697. The number of carbonyl (C=O) groups is 1. The molecule has 21 heavy (non-hydrogen) atoms. The molecule has 1 aromatic rings. The van der Waals surface area contributed by atoms with Crippen molar-refractivity contribution in [1.29, 1.82) is 0 Å². The van der Waals surface area contributed by atoms with Crippen molar-refractivity contribution in [3.8, 4) is 0 Å². The Bertz CT molecular complexity index is 654. The van der Waals surface area contributed by atoms with Gasteiger partial charge in [-0.1, -0.05) is 0 Å². The van der Waals surface area contributed by atoms with Crippen LogP contribution in [0.4, 0.5) is 10.1 Å². The van der Waals surface area contributed by atoms with Gasteiger partial charge >= 0.3 is 0 Å². The van der Waals surface area contributed by atoms with Gasteiger partial charge in [-0.15, -0.1) is 0 Å². The number of benzene rings is 1. The molecule has 0 bridgehead atoms. The Morgan fingerprint density at radius 3 is 2.38 bits per heavy atom. The number of β-amino-alcohol motifs (C(OH)–C–C–N with tert-alkyl or cyclic N) is 2. The highest BCUT2D eigenvalue weighted by Crippen LogP contribution is 2.25. The number of halogens is 1. The minimum atomic E-state index is -4.15. The molecular formula is C12H15FN2O5S. The largest absolute Gasteiger partial charge is 0.389 e. The molecule has 7 nitrogen and oxygen atoms in total. The maximum Gasteiger partial charge on any atom is 0.246 e. The second-order valence-corrected chi connectivity index (χ2v) is 6.69. The van der Waals surface area contributed by atoms with E-state index in [1.165, 1.54) is 13.0 Å². The third-order valence-electron chi connectivity index (χ3n) is 3.10. The summed E-state index contributed by atoms with van der Waals surface area (Å²) in [7, 11) is -4.15. The minimum absolute atomic E-state index is 0.139. The minimum Gasteiger partial charge on any atom is -0.389 e. The Morgan fingerprint density at radius 1 is 1.33 bits per heavy atom. The van der Waals surface area contributed by atoms with Gasteiger partial charge in [-0.05, 0) is 18.2 Å². The van der Waals surface area contributed by atoms with Crippen molar-refractivity contribution in [3.63, 3.8) is 0 Å². The van der Waals surface area contributed by atoms with Crippen molar-refractivity contribution >= 4 is 21.6 Å². The second-order valence-electron chi connectivity index (χ2n) is 4.78. The number of amides is 1. The van der Waals surface area contributed by atoms with E-state index in [2.05, 4.69) is 5.32 Å². The van der Waals surface area contributed by atoms with Crippen LogP contribution in [0.5, 0.6) is 0 Å². The Labute approximate surface area is 121 Å². The van der Waals surface area contributed by atoms with E-state index >= 15 is 0 Å². The summed E-state index contributed by atoms with van der Waals surface area (Å²) < 4.78 is 39.3. The lowest BCUT2D eigenvalue weighted by molar-refractivity contribution is -0.114. The van der Waals surface area contributed by atoms with Gasteiger partial charge in [0.05, 0.1) is 12.2 Å². The average molecular weight is 318 g/mol. The molecule has 0 saturated carbocycles. The van der Waals surface area contributed by atoms with Gasteiger partial charge in [0, 0.05) is 25.7 Å². The van der Waals surface area contributed by atoms with E-state index < -0.39 is 38.9 Å². The lowest BCUT2D eigenvalue weighted by Crippen LogP contribution is -2.30. The summed E-state index contributed by atoms with van der Waals surface area (Å²) in [6, 6.07) is 3.20. The number of sulfonamides is 1. The molecular weight excluding hydrogens is 303 g/mol. The first-order valence-electron chi connectivity index (χ1n) is 6.15. The van der Waals surface area contributed by atoms with Gasteiger partial charge < -0.3 is 15.5 Å². The van der Waals surface area contributed by atoms with Crippen LogP contribution in [0.1, 0.15) is 6.92 Å². The maximum atomic E-state index is 14.0. The molecule has 3 N–H and O–H groups in total. The van der Waals surface area contributed by atoms with Crippen LogP contribution < -0.4 is 5.32 Å². The highest BCUT2D eigenvalue weighted by atomic mass is 32.2. The Morgan fingerprint density at radius 2 is 1.90 bits per heavy atom. The molecule has 1 aliphatic rings. The number of hydrogen-bond acceptors (Lipinski definition) is 5. The van der Waals surface area contributed by atoms with Gasteiger partial charge in [0.1, 0.15) is 10.7 Å². The molecule has 1 saturated heterocycles. The first kappa shape index (κ1) is 15.8. The van der Waals surface area contributed by atoms with E-state index in [-0.39, 0.29) is 18.8 Å². The molecule has 0 spiro atoms. The molecule has 0 aliphatic carbocycles. The van der Waals surface area contributed by atoms with Gasteiger partial charge in [0.15, 0.2) is 0 Å². The maximum absolute atomic E-state index is 14.0. The predicted octanol–water partition coefficient (Wildman–Crippen LogP) is -0.490. The molecule has 2 atom stereocenters. The molecule has 1 amide bonds. The Hall–Kier alpha value is -1.55. The molecule has 0 aromatic heterocycles. The summed E-state index contributed by atoms with van der Waals surface area (Å²) in [6.07, 6.45) is -2.39. The molecule has 1 fully saturated rings. The van der Waals surface area contributed by atoms with Crippen LogP contribution in [-0.2, 0) is 14.8 Å². The van der Waals surface area contributed by atoms with E-state index in [0.29, 0.717) is 0 Å². The normalized spacial score (nSPS) is 23.2. The van der Waals surface area contributed by atoms with Gasteiger partial charge in [-0.25, -0.2) is 12.8 Å². The summed E-state index contributed by atoms with van der Waals surface area (Å²) >= 11 is 0. The number of aliphatic hydroxyl groups is 2. The number of nitrogens with one attached hydrogen (secondary N) is 1. The zero-order valence-electron chi connectivity index (χ0n) is 11.2. The lowest BCUT2D eigenvalue weighted by Gasteiger charge is -2.16. The van der Waals surface area contributed by atoms with Crippen molar-refractivity contribution in [3.05, 3.63) is 24.0 Å². The van der Waals surface area contributed by atoms with Gasteiger partial charge in [-0.2, -0.15) is 4.31 Å². The SMILES string of the molecule is CC(=O)Nc1ccc(S(=O)(=O)N2CC(O)C(O)C2)c(F)c1. The lowest BCUT2D eigenvalue weighted by atomic mass is 10.3. The Balaban J connectivity index is 2.31. The summed E-state index contributed by atoms with van der Waals surface area (Å²) in [6.45, 7) is 0.655. The van der Waals surface area contributed by atoms with E-state index in [1.54, 1.807) is 0 Å². The third-order valence-corrected chi connectivity index (χ3v) is 4.96. The molecule has 1 aromatic carbocycles. The third kappa shape index (κ3) is 3.21. The molecule has 9 heteroatoms. The van der Waals surface area contributed by atoms with Crippen molar-refractivity contribution in [1.82, 2.24) is 4.31 Å². The van der Waals surface area contributed by atoms with E-state index in [1.807, 2.05) is 0 Å². The molecule has 1 heterocycles. The van der Waals surface area contributed by atoms with Crippen molar-refractivity contribution in [2.75, 3.05) is 18.4 Å². The predicted molar refractivity (Wildman–Crippen MR) is 71.5 cm³/mol. The van der Waals surface area contributed by atoms with Crippen LogP contribution in [-0.4, -0.2) is 54.1 Å². The zero-order chi connectivity index (χ0) is 15.8. The molecule has 2 unspecified atom stereocenters. The topological polar surface area (TPSA) is 107 Å². The van der Waals surface area contributed by atoms with Crippen LogP contribution in [0.2, 0.25) is 0 Å². The zero-order valence-corrected chi connectivity index (χ0v) is 12.0. The van der Waals surface area contributed by atoms with Crippen LogP contribution in [0.15, 0.2) is 23.1 Å². The number of nitrogens with zero attached hydrogens (tertiary/aromatic N) is 1. The van der Waals surface area contributed by atoms with E-state index in [4.69, 9.17) is 0 Å². The standard InChI is InChI=1S/C12H15FN2O5S/c1-7(16)14-8-2-3-12(9(13)4-8)21(19,20)15-5-10(17)11(18)6-15/h2-4,10-11,17-18H,5-6H2,1H3,(H,14,16). The summed E-state index contributed by atoms with van der Waals surface area (Å²) in [5, 5.41) is 21.1. The van der Waals surface area contributed by atoms with Gasteiger partial charge in [0.2, 0.25) is 15.9 Å². The van der Waals surface area contributed by atoms with Gasteiger partial charge in [-0.3, -0.25) is 4.79 Å². The van der Waals surface area contributed by atoms with Gasteiger partial charge in [0.25, 0.3) is 0 Å². The Kier molecular flexibility index (Phi) is 4.28. The van der Waals surface area contributed by atoms with Crippen LogP contribution >= 0.6 is 0 Å². The molecule has 0 radical (unpaired) electrons. The second kappa shape index (κ2) is 5.68. The number of anilines is 1. The summed E-state index contributed by atoms with van der Waals surface area (Å²) in [5.41, 5.74) is 0.139. The first-order valence-corrected chi connectivity index (χ1v) is 7.59. The van der Waals surface area contributed by atoms with Crippen LogP contribution in [0.3, 0.4) is 0 Å². The monoisotopic (exact) mass is 318 g/mol. The fourth-order valence-electron chi connectivity index (χ4n) is 2.06. The highest BCUT2D eigenvalue weighted by Gasteiger charge is 2.38. The van der Waals surface area contributed by atoms with Crippen LogP contribution in [0, 0.1) is 5.82 Å². The van der Waals surface area contributed by atoms with Crippen LogP contribution in [0.25, 0.3) is 0 Å². The fraction of sp³-hybridized carbons (Fsp3) is 0.417. The summed E-state index contributed by atoms with van der Waals surface area (Å²) in [5.74, 6) is -1.42. The average Bonchev–Trinajstić information content (AvgIpc) is 2.69. The number of carbonyl (C=O) groups excluding carboxylic acids is 1. The first-order chi connectivity index (χ1) is 9.71. The summed E-state index contributed by atoms with van der Waals surface area (Å²) in [4.78, 5) is 10.3. The smallest absolute Gasteiger partial charge is 0.246 e. The number of hydrogen-bond donors (Lipinski definition) is 3. The van der Waals surface area contributed by atoms with Crippen molar-refractivity contribution in [2.45, 2.75) is 24.0 Å². The number of aliphatic hydroxyl groups excluding tert-OH is 2. The van der Waals surface area contributed by atoms with Crippen molar-refractivity contribution < 1.29 is 27.8 Å². The highest BCUT2D eigenvalue weighted by molar-refractivity contribution is 7.89. The fourth-order valence-corrected chi connectivity index (χ4v) is 3.58. The number of rotatable bonds is 3. The molecule has 116 valence electrons. The van der Waals surface area contributed by atoms with E-state index in [0.717, 1.165) is 16.4 Å². The molecule has 2 rings (SSSR count). The van der Waals surface area contributed by atoms with E-state index in [9.17, 15) is 27.8 Å². The van der Waals surface area contributed by atoms with Crippen molar-refractivity contribution in [2.24, 2.45) is 0 Å².